The second-order valence-electron chi connectivity index (χ2n) is 5.90. The van der Waals surface area contributed by atoms with Gasteiger partial charge in [0.15, 0.2) is 17.1 Å². The molecule has 0 saturated carbocycles. The maximum absolute atomic E-state index is 4.74. The average molecular weight is 357 g/mol. The van der Waals surface area contributed by atoms with E-state index in [4.69, 9.17) is 4.98 Å². The summed E-state index contributed by atoms with van der Waals surface area (Å²) in [6.07, 6.45) is 7.32. The van der Waals surface area contributed by atoms with Gasteiger partial charge in [0.2, 0.25) is 0 Å². The van der Waals surface area contributed by atoms with Gasteiger partial charge in [0, 0.05) is 25.4 Å². The predicted molar refractivity (Wildman–Crippen MR) is 101 cm³/mol. The van der Waals surface area contributed by atoms with E-state index in [9.17, 15) is 0 Å². The zero-order valence-corrected chi connectivity index (χ0v) is 14.2. The molecule has 27 heavy (non-hydrogen) atoms. The lowest BCUT2D eigenvalue weighted by molar-refractivity contribution is 0.847. The van der Waals surface area contributed by atoms with Crippen LogP contribution in [0.25, 0.3) is 28.1 Å². The van der Waals surface area contributed by atoms with Gasteiger partial charge in [-0.15, -0.1) is 0 Å². The van der Waals surface area contributed by atoms with E-state index in [2.05, 4.69) is 35.2 Å². The third-order valence-electron chi connectivity index (χ3n) is 4.22. The molecule has 2 N–H and O–H groups in total. The van der Waals surface area contributed by atoms with Gasteiger partial charge in [-0.1, -0.05) is 6.07 Å². The van der Waals surface area contributed by atoms with Gasteiger partial charge in [-0.05, 0) is 24.3 Å². The summed E-state index contributed by atoms with van der Waals surface area (Å²) < 4.78 is 1.99. The predicted octanol–water partition coefficient (Wildman–Crippen LogP) is 2.14. The smallest absolute Gasteiger partial charge is 0.165 e. The zero-order valence-electron chi connectivity index (χ0n) is 14.2. The van der Waals surface area contributed by atoms with Crippen LogP contribution in [0.4, 0.5) is 5.82 Å². The van der Waals surface area contributed by atoms with Crippen molar-refractivity contribution in [1.82, 2.24) is 39.5 Å². The van der Waals surface area contributed by atoms with Crippen LogP contribution in [-0.2, 0) is 6.42 Å². The molecule has 0 spiro atoms. The molecule has 0 fully saturated rings. The Morgan fingerprint density at radius 3 is 2.85 bits per heavy atom. The molecule has 5 rings (SSSR count). The van der Waals surface area contributed by atoms with Crippen LogP contribution in [-0.4, -0.2) is 46.0 Å². The molecule has 0 radical (unpaired) electrons. The summed E-state index contributed by atoms with van der Waals surface area (Å²) in [4.78, 5) is 29.3. The molecule has 9 heteroatoms. The largest absolute Gasteiger partial charge is 0.368 e. The van der Waals surface area contributed by atoms with Crippen LogP contribution in [0.15, 0.2) is 55.4 Å². The molecule has 0 amide bonds. The summed E-state index contributed by atoms with van der Waals surface area (Å²) in [7, 11) is 0. The number of aromatic amines is 1. The van der Waals surface area contributed by atoms with E-state index in [1.165, 1.54) is 6.33 Å². The van der Waals surface area contributed by atoms with Gasteiger partial charge >= 0.3 is 0 Å². The van der Waals surface area contributed by atoms with Crippen LogP contribution < -0.4 is 5.32 Å². The number of hydrogen-bond acceptors (Lipinski definition) is 7. The molecule has 0 aliphatic carbocycles. The highest BCUT2D eigenvalue weighted by Crippen LogP contribution is 2.19. The number of anilines is 1. The number of nitrogens with one attached hydrogen (secondary N) is 2. The highest BCUT2D eigenvalue weighted by molar-refractivity contribution is 5.81. The second-order valence-corrected chi connectivity index (χ2v) is 5.90. The summed E-state index contributed by atoms with van der Waals surface area (Å²) >= 11 is 0. The molecule has 9 nitrogen and oxygen atoms in total. The molecule has 0 bridgehead atoms. The lowest BCUT2D eigenvalue weighted by atomic mass is 10.3. The number of fused-ring (bicyclic) bond motifs is 2. The molecule has 5 heterocycles. The van der Waals surface area contributed by atoms with Crippen LogP contribution >= 0.6 is 0 Å². The van der Waals surface area contributed by atoms with Gasteiger partial charge in [-0.3, -0.25) is 4.57 Å². The lowest BCUT2D eigenvalue weighted by Crippen LogP contribution is -2.11. The lowest BCUT2D eigenvalue weighted by Gasteiger charge is -2.09. The van der Waals surface area contributed by atoms with Crippen LogP contribution in [0.3, 0.4) is 0 Å². The van der Waals surface area contributed by atoms with Crippen molar-refractivity contribution >= 4 is 28.1 Å². The normalized spacial score (nSPS) is 11.3. The van der Waals surface area contributed by atoms with Crippen LogP contribution in [0.1, 0.15) is 5.82 Å². The number of nitrogens with zero attached hydrogens (tertiary/aromatic N) is 7. The van der Waals surface area contributed by atoms with Crippen molar-refractivity contribution in [2.24, 2.45) is 0 Å². The Morgan fingerprint density at radius 2 is 1.93 bits per heavy atom. The molecule has 132 valence electrons. The van der Waals surface area contributed by atoms with E-state index in [0.717, 1.165) is 28.3 Å². The Hall–Kier alpha value is -3.88. The van der Waals surface area contributed by atoms with Gasteiger partial charge < -0.3 is 10.3 Å². The summed E-state index contributed by atoms with van der Waals surface area (Å²) in [6.45, 7) is 0.634. The van der Waals surface area contributed by atoms with Crippen molar-refractivity contribution in [3.05, 3.63) is 61.2 Å². The fourth-order valence-corrected chi connectivity index (χ4v) is 3.04. The molecular formula is C18H15N9. The highest BCUT2D eigenvalue weighted by Gasteiger charge is 2.14. The van der Waals surface area contributed by atoms with E-state index >= 15 is 0 Å². The van der Waals surface area contributed by atoms with E-state index in [1.54, 1.807) is 18.7 Å². The van der Waals surface area contributed by atoms with E-state index in [0.29, 0.717) is 24.4 Å². The van der Waals surface area contributed by atoms with Crippen molar-refractivity contribution in [2.75, 3.05) is 11.9 Å². The van der Waals surface area contributed by atoms with Crippen molar-refractivity contribution in [2.45, 2.75) is 6.42 Å². The molecule has 0 saturated heterocycles. The summed E-state index contributed by atoms with van der Waals surface area (Å²) in [6, 6.07) is 9.63. The Bertz CT molecular complexity index is 1210. The van der Waals surface area contributed by atoms with Crippen molar-refractivity contribution < 1.29 is 0 Å². The Kier molecular flexibility index (Phi) is 3.67. The van der Waals surface area contributed by atoms with Crippen molar-refractivity contribution in [3.63, 3.8) is 0 Å². The highest BCUT2D eigenvalue weighted by atomic mass is 15.2. The van der Waals surface area contributed by atoms with Gasteiger partial charge in [0.05, 0.1) is 6.33 Å². The first-order valence-electron chi connectivity index (χ1n) is 8.52. The Balaban J connectivity index is 1.46. The van der Waals surface area contributed by atoms with Crippen molar-refractivity contribution in [3.8, 4) is 5.82 Å². The second kappa shape index (κ2) is 6.45. The number of pyridine rings is 2. The molecule has 0 atom stereocenters. The van der Waals surface area contributed by atoms with Crippen LogP contribution in [0, 0.1) is 0 Å². The van der Waals surface area contributed by atoms with Gasteiger partial charge in [0.25, 0.3) is 0 Å². The summed E-state index contributed by atoms with van der Waals surface area (Å²) in [5, 5.41) is 3.32. The molecular weight excluding hydrogens is 342 g/mol. The third kappa shape index (κ3) is 2.74. The van der Waals surface area contributed by atoms with Crippen LogP contribution in [0.2, 0.25) is 0 Å². The number of imidazole rings is 2. The average Bonchev–Trinajstić information content (AvgIpc) is 3.33. The fraction of sp³-hybridized carbons (Fsp3) is 0.111. The molecule has 0 aliphatic heterocycles. The molecule has 5 aromatic rings. The summed E-state index contributed by atoms with van der Waals surface area (Å²) in [5.74, 6) is 2.37. The number of H-pyrrole nitrogens is 1. The molecule has 0 aromatic carbocycles. The zero-order chi connectivity index (χ0) is 18.1. The maximum atomic E-state index is 4.74. The minimum absolute atomic E-state index is 0.634. The quantitative estimate of drug-likeness (QED) is 0.496. The summed E-state index contributed by atoms with van der Waals surface area (Å²) in [5.41, 5.74) is 3.06. The van der Waals surface area contributed by atoms with Gasteiger partial charge in [0.1, 0.15) is 29.0 Å². The number of aromatic nitrogens is 8. The number of hydrogen-bond donors (Lipinski definition) is 2. The van der Waals surface area contributed by atoms with E-state index in [1.807, 2.05) is 34.9 Å². The topological polar surface area (TPSA) is 110 Å². The maximum Gasteiger partial charge on any atom is 0.165 e. The monoisotopic (exact) mass is 357 g/mol. The molecule has 0 unspecified atom stereocenters. The van der Waals surface area contributed by atoms with Crippen molar-refractivity contribution in [1.29, 1.82) is 0 Å². The molecule has 5 aromatic heterocycles. The molecule has 0 aliphatic rings. The van der Waals surface area contributed by atoms with Gasteiger partial charge in [-0.2, -0.15) is 0 Å². The first-order valence-corrected chi connectivity index (χ1v) is 8.52. The van der Waals surface area contributed by atoms with E-state index in [-0.39, 0.29) is 0 Å². The standard InChI is InChI=1S/C18H15N9/c1-2-7-19-13(5-1)27-14(26-12-4-3-8-21-18(12)27)6-9-20-16-15-17(23-10-22-15)25-11-24-16/h1-5,7-8,10-11H,6,9H2,(H2,20,22,23,24,25). The Labute approximate surface area is 153 Å². The first kappa shape index (κ1) is 15.4. The minimum atomic E-state index is 0.634. The fourth-order valence-electron chi connectivity index (χ4n) is 3.04. The van der Waals surface area contributed by atoms with E-state index < -0.39 is 0 Å². The minimum Gasteiger partial charge on any atom is -0.368 e. The SMILES string of the molecule is c1ccc(-n2c(CCNc3ncnc4[nH]cnc34)nc3cccnc32)nc1. The van der Waals surface area contributed by atoms with Gasteiger partial charge in [-0.25, -0.2) is 29.9 Å². The number of rotatable bonds is 5. The Morgan fingerprint density at radius 1 is 0.963 bits per heavy atom. The third-order valence-corrected chi connectivity index (χ3v) is 4.22. The first-order chi connectivity index (χ1) is 13.4. The van der Waals surface area contributed by atoms with Crippen LogP contribution in [0.5, 0.6) is 0 Å².